The van der Waals surface area contributed by atoms with Gasteiger partial charge in [0.05, 0.1) is 0 Å². The molecule has 1 heterocycles. The van der Waals surface area contributed by atoms with Crippen molar-refractivity contribution in [2.75, 3.05) is 20.2 Å². The highest BCUT2D eigenvalue weighted by Crippen LogP contribution is 2.28. The number of carbonyl (C=O) groups is 3. The predicted molar refractivity (Wildman–Crippen MR) is 97.3 cm³/mol. The molecule has 1 aliphatic heterocycles. The van der Waals surface area contributed by atoms with Crippen LogP contribution in [-0.4, -0.2) is 53.7 Å². The summed E-state index contributed by atoms with van der Waals surface area (Å²) in [7, 11) is 1.33. The summed E-state index contributed by atoms with van der Waals surface area (Å²) < 4.78 is 5.48. The molecular formula is C19H27N3O4. The van der Waals surface area contributed by atoms with E-state index < -0.39 is 23.7 Å². The molecule has 1 N–H and O–H groups in total. The Balaban J connectivity index is 2.34. The molecule has 1 unspecified atom stereocenters. The number of methoxy groups -OCH3 is 1. The van der Waals surface area contributed by atoms with E-state index >= 15 is 0 Å². The van der Waals surface area contributed by atoms with E-state index in [2.05, 4.69) is 5.32 Å². The standard InChI is InChI=1S/C19H27N3O4/c1-4-6-13-21-17(24)19(26-3,22(18(21)25)14-7-5-2)20-16(23)15-11-9-8-10-12-15/h8-12H,4-7,13-14H2,1-3H3,(H,20,23). The van der Waals surface area contributed by atoms with Crippen molar-refractivity contribution in [1.82, 2.24) is 15.1 Å². The molecule has 7 heteroatoms. The van der Waals surface area contributed by atoms with E-state index in [1.165, 1.54) is 16.9 Å². The third-order valence-electron chi connectivity index (χ3n) is 4.46. The van der Waals surface area contributed by atoms with Gasteiger partial charge >= 0.3 is 17.8 Å². The van der Waals surface area contributed by atoms with Crippen LogP contribution in [0, 0.1) is 0 Å². The highest BCUT2D eigenvalue weighted by Gasteiger charge is 2.59. The summed E-state index contributed by atoms with van der Waals surface area (Å²) in [5, 5.41) is 2.66. The first-order valence-electron chi connectivity index (χ1n) is 9.08. The first-order valence-corrected chi connectivity index (χ1v) is 9.08. The summed E-state index contributed by atoms with van der Waals surface area (Å²) in [6.07, 6.45) is 3.10. The fourth-order valence-electron chi connectivity index (χ4n) is 2.93. The normalized spacial score (nSPS) is 20.0. The second-order valence-corrected chi connectivity index (χ2v) is 6.27. The first-order chi connectivity index (χ1) is 12.5. The molecule has 0 aliphatic carbocycles. The lowest BCUT2D eigenvalue weighted by Crippen LogP contribution is -2.63. The lowest BCUT2D eigenvalue weighted by molar-refractivity contribution is -0.164. The van der Waals surface area contributed by atoms with E-state index in [0.29, 0.717) is 31.5 Å². The van der Waals surface area contributed by atoms with Gasteiger partial charge in [-0.15, -0.1) is 0 Å². The summed E-state index contributed by atoms with van der Waals surface area (Å²) in [4.78, 5) is 41.0. The number of amides is 4. The number of benzene rings is 1. The molecule has 4 amide bonds. The van der Waals surface area contributed by atoms with E-state index in [1.807, 2.05) is 13.8 Å². The number of rotatable bonds is 9. The second kappa shape index (κ2) is 8.80. The van der Waals surface area contributed by atoms with Crippen molar-refractivity contribution in [3.05, 3.63) is 35.9 Å². The Morgan fingerprint density at radius 1 is 1.08 bits per heavy atom. The van der Waals surface area contributed by atoms with Crippen LogP contribution in [0.4, 0.5) is 4.79 Å². The number of imide groups is 1. The Morgan fingerprint density at radius 3 is 2.27 bits per heavy atom. The minimum absolute atomic E-state index is 0.309. The topological polar surface area (TPSA) is 79.0 Å². The SMILES string of the molecule is CCCCN1C(=O)N(CCCC)C(NC(=O)c2ccccc2)(OC)C1=O. The van der Waals surface area contributed by atoms with E-state index in [9.17, 15) is 14.4 Å². The summed E-state index contributed by atoms with van der Waals surface area (Å²) in [5.74, 6) is -2.81. The summed E-state index contributed by atoms with van der Waals surface area (Å²) >= 11 is 0. The molecule has 26 heavy (non-hydrogen) atoms. The minimum atomic E-state index is -1.80. The van der Waals surface area contributed by atoms with Crippen LogP contribution >= 0.6 is 0 Å². The van der Waals surface area contributed by atoms with Crippen LogP contribution in [0.25, 0.3) is 0 Å². The van der Waals surface area contributed by atoms with Gasteiger partial charge in [-0.2, -0.15) is 0 Å². The van der Waals surface area contributed by atoms with E-state index in [1.54, 1.807) is 30.3 Å². The van der Waals surface area contributed by atoms with Crippen molar-refractivity contribution in [2.24, 2.45) is 0 Å². The monoisotopic (exact) mass is 361 g/mol. The number of nitrogens with zero attached hydrogens (tertiary/aromatic N) is 2. The van der Waals surface area contributed by atoms with Gasteiger partial charge < -0.3 is 4.74 Å². The van der Waals surface area contributed by atoms with Gasteiger partial charge in [0.15, 0.2) is 0 Å². The summed E-state index contributed by atoms with van der Waals surface area (Å²) in [6.45, 7) is 4.62. The molecule has 1 aromatic rings. The molecule has 142 valence electrons. The third kappa shape index (κ3) is 3.72. The van der Waals surface area contributed by atoms with Crippen molar-refractivity contribution < 1.29 is 19.1 Å². The van der Waals surface area contributed by atoms with Gasteiger partial charge in [-0.3, -0.25) is 24.7 Å². The maximum Gasteiger partial charge on any atom is 0.331 e. The van der Waals surface area contributed by atoms with Crippen LogP contribution in [0.1, 0.15) is 49.9 Å². The smallest absolute Gasteiger partial charge is 0.331 e. The number of urea groups is 1. The molecule has 0 radical (unpaired) electrons. The van der Waals surface area contributed by atoms with Gasteiger partial charge in [-0.05, 0) is 25.0 Å². The van der Waals surface area contributed by atoms with E-state index in [-0.39, 0.29) is 0 Å². The molecule has 7 nitrogen and oxygen atoms in total. The highest BCUT2D eigenvalue weighted by atomic mass is 16.5. The average Bonchev–Trinajstić information content (AvgIpc) is 2.86. The van der Waals surface area contributed by atoms with Gasteiger partial charge in [0.1, 0.15) is 0 Å². The molecule has 0 spiro atoms. The third-order valence-corrected chi connectivity index (χ3v) is 4.46. The second-order valence-electron chi connectivity index (χ2n) is 6.27. The van der Waals surface area contributed by atoms with Crippen molar-refractivity contribution >= 4 is 17.8 Å². The van der Waals surface area contributed by atoms with Crippen molar-refractivity contribution in [3.8, 4) is 0 Å². The van der Waals surface area contributed by atoms with Gasteiger partial charge in [0, 0.05) is 25.8 Å². The van der Waals surface area contributed by atoms with Crippen LogP contribution in [0.3, 0.4) is 0 Å². The zero-order valence-corrected chi connectivity index (χ0v) is 15.7. The van der Waals surface area contributed by atoms with Gasteiger partial charge in [-0.1, -0.05) is 44.9 Å². The van der Waals surface area contributed by atoms with Crippen LogP contribution < -0.4 is 5.32 Å². The molecule has 1 saturated heterocycles. The maximum atomic E-state index is 13.0. The average molecular weight is 361 g/mol. The quantitative estimate of drug-likeness (QED) is 0.542. The van der Waals surface area contributed by atoms with E-state index in [4.69, 9.17) is 4.74 Å². The Morgan fingerprint density at radius 2 is 1.69 bits per heavy atom. The van der Waals surface area contributed by atoms with Crippen LogP contribution in [0.2, 0.25) is 0 Å². The lowest BCUT2D eigenvalue weighted by Gasteiger charge is -2.33. The predicted octanol–water partition coefficient (Wildman–Crippen LogP) is 2.58. The molecule has 1 aliphatic rings. The molecule has 0 aromatic heterocycles. The van der Waals surface area contributed by atoms with E-state index in [0.717, 1.165) is 12.8 Å². The molecule has 1 fully saturated rings. The fourth-order valence-corrected chi connectivity index (χ4v) is 2.93. The summed E-state index contributed by atoms with van der Waals surface area (Å²) in [5.41, 5.74) is 0.395. The van der Waals surface area contributed by atoms with Gasteiger partial charge in [-0.25, -0.2) is 4.79 Å². The number of nitrogens with one attached hydrogen (secondary N) is 1. The molecule has 0 saturated carbocycles. The number of hydrogen-bond acceptors (Lipinski definition) is 4. The number of ether oxygens (including phenoxy) is 1. The first kappa shape index (κ1) is 19.9. The Hall–Kier alpha value is -2.41. The Kier molecular flexibility index (Phi) is 6.74. The lowest BCUT2D eigenvalue weighted by atomic mass is 10.2. The number of unbranched alkanes of at least 4 members (excludes halogenated alkanes) is 2. The molecule has 1 aromatic carbocycles. The van der Waals surface area contributed by atoms with Crippen molar-refractivity contribution in [3.63, 3.8) is 0 Å². The largest absolute Gasteiger partial charge is 0.334 e. The molecule has 2 rings (SSSR count). The fraction of sp³-hybridized carbons (Fsp3) is 0.526. The summed E-state index contributed by atoms with van der Waals surface area (Å²) in [6, 6.07) is 8.13. The van der Waals surface area contributed by atoms with Crippen LogP contribution in [0.15, 0.2) is 30.3 Å². The Bertz CT molecular complexity index is 649. The van der Waals surface area contributed by atoms with Gasteiger partial charge in [0.2, 0.25) is 0 Å². The Labute approximate surface area is 154 Å². The zero-order valence-electron chi connectivity index (χ0n) is 15.7. The number of carbonyl (C=O) groups excluding carboxylic acids is 3. The minimum Gasteiger partial charge on any atom is -0.334 e. The van der Waals surface area contributed by atoms with Crippen molar-refractivity contribution in [1.29, 1.82) is 0 Å². The van der Waals surface area contributed by atoms with Crippen molar-refractivity contribution in [2.45, 2.75) is 45.4 Å². The highest BCUT2D eigenvalue weighted by molar-refractivity contribution is 6.08. The van der Waals surface area contributed by atoms with Crippen LogP contribution in [0.5, 0.6) is 0 Å². The molecular weight excluding hydrogens is 334 g/mol. The zero-order chi connectivity index (χ0) is 19.2. The molecule has 1 atom stereocenters. The maximum absolute atomic E-state index is 13.0. The molecule has 0 bridgehead atoms. The van der Waals surface area contributed by atoms with Crippen LogP contribution in [-0.2, 0) is 9.53 Å². The number of hydrogen-bond donors (Lipinski definition) is 1. The van der Waals surface area contributed by atoms with Gasteiger partial charge in [0.25, 0.3) is 5.91 Å².